The first kappa shape index (κ1) is 26.4. The Kier molecular flexibility index (Phi) is 8.42. The molecule has 2 amide bonds. The van der Waals surface area contributed by atoms with Gasteiger partial charge in [0.15, 0.2) is 8.68 Å². The number of thioether (sulfide) groups is 2. The predicted molar refractivity (Wildman–Crippen MR) is 156 cm³/mol. The minimum Gasteiger partial charge on any atom is -0.494 e. The van der Waals surface area contributed by atoms with E-state index in [1.54, 1.807) is 0 Å². The van der Waals surface area contributed by atoms with E-state index in [2.05, 4.69) is 20.6 Å². The number of halogens is 1. The van der Waals surface area contributed by atoms with E-state index in [1.807, 2.05) is 43.3 Å². The molecule has 12 heteroatoms. The number of anilines is 2. The van der Waals surface area contributed by atoms with Gasteiger partial charge in [0.2, 0.25) is 11.8 Å². The third-order valence-electron chi connectivity index (χ3n) is 5.09. The molecule has 0 saturated heterocycles. The van der Waals surface area contributed by atoms with Gasteiger partial charge >= 0.3 is 0 Å². The molecule has 0 aliphatic carbocycles. The Hall–Kier alpha value is -3.19. The number of aromatic nitrogens is 2. The Morgan fingerprint density at radius 3 is 2.00 bits per heavy atom. The smallest absolute Gasteiger partial charge is 0.234 e. The highest BCUT2D eigenvalue weighted by molar-refractivity contribution is 8.02. The maximum atomic E-state index is 13.0. The van der Waals surface area contributed by atoms with Crippen molar-refractivity contribution in [3.63, 3.8) is 0 Å². The summed E-state index contributed by atoms with van der Waals surface area (Å²) in [6.45, 7) is 2.55. The monoisotopic (exact) mass is 584 g/mol. The first-order valence-corrected chi connectivity index (χ1v) is 15.1. The van der Waals surface area contributed by atoms with Crippen molar-refractivity contribution in [3.8, 4) is 5.75 Å². The molecule has 2 N–H and O–H groups in total. The number of carbonyl (C=O) groups is 2. The van der Waals surface area contributed by atoms with Crippen LogP contribution in [0.2, 0.25) is 0 Å². The van der Waals surface area contributed by atoms with Gasteiger partial charge in [0.05, 0.1) is 38.5 Å². The van der Waals surface area contributed by atoms with Crippen molar-refractivity contribution in [2.24, 2.45) is 0 Å². The number of carbonyl (C=O) groups excluding carboxylic acids is 2. The van der Waals surface area contributed by atoms with Crippen LogP contribution in [0.1, 0.15) is 6.92 Å². The van der Waals surface area contributed by atoms with Crippen LogP contribution in [0, 0.1) is 5.82 Å². The number of hydrogen-bond donors (Lipinski definition) is 2. The van der Waals surface area contributed by atoms with E-state index >= 15 is 0 Å². The number of hydrogen-bond acceptors (Lipinski definition) is 9. The van der Waals surface area contributed by atoms with Crippen molar-refractivity contribution in [2.45, 2.75) is 15.6 Å². The van der Waals surface area contributed by atoms with Gasteiger partial charge < -0.3 is 15.4 Å². The summed E-state index contributed by atoms with van der Waals surface area (Å²) in [5.74, 6) is 0.548. The van der Waals surface area contributed by atoms with Crippen LogP contribution in [0.15, 0.2) is 69.3 Å². The molecular weight excluding hydrogens is 564 g/mol. The molecule has 0 bridgehead atoms. The molecule has 0 fully saturated rings. The van der Waals surface area contributed by atoms with Crippen LogP contribution in [-0.4, -0.2) is 39.9 Å². The molecule has 0 radical (unpaired) electrons. The number of thiazole rings is 2. The van der Waals surface area contributed by atoms with Crippen molar-refractivity contribution < 1.29 is 18.7 Å². The lowest BCUT2D eigenvalue weighted by molar-refractivity contribution is -0.114. The summed E-state index contributed by atoms with van der Waals surface area (Å²) in [7, 11) is 0. The van der Waals surface area contributed by atoms with E-state index in [4.69, 9.17) is 4.74 Å². The van der Waals surface area contributed by atoms with Crippen LogP contribution in [0.25, 0.3) is 20.4 Å². The van der Waals surface area contributed by atoms with Crippen molar-refractivity contribution in [1.82, 2.24) is 9.97 Å². The van der Waals surface area contributed by atoms with E-state index in [0.717, 1.165) is 34.9 Å². The van der Waals surface area contributed by atoms with Crippen LogP contribution in [0.3, 0.4) is 0 Å². The average molecular weight is 585 g/mol. The molecule has 0 spiro atoms. The van der Waals surface area contributed by atoms with Gasteiger partial charge in [-0.15, -0.1) is 22.7 Å². The largest absolute Gasteiger partial charge is 0.494 e. The Morgan fingerprint density at radius 1 is 0.816 bits per heavy atom. The molecule has 0 aliphatic heterocycles. The van der Waals surface area contributed by atoms with Gasteiger partial charge in [-0.25, -0.2) is 14.4 Å². The Labute approximate surface area is 234 Å². The molecule has 194 valence electrons. The number of nitrogens with one attached hydrogen (secondary N) is 2. The fourth-order valence-corrected chi connectivity index (χ4v) is 7.23. The maximum Gasteiger partial charge on any atom is 0.234 e. The molecule has 0 saturated carbocycles. The quantitative estimate of drug-likeness (QED) is 0.172. The number of nitrogens with zero attached hydrogens (tertiary/aromatic N) is 2. The fourth-order valence-electron chi connectivity index (χ4n) is 3.43. The predicted octanol–water partition coefficient (Wildman–Crippen LogP) is 6.91. The number of fused-ring (bicyclic) bond motifs is 2. The lowest BCUT2D eigenvalue weighted by Crippen LogP contribution is -2.13. The number of benzene rings is 3. The van der Waals surface area contributed by atoms with Crippen LogP contribution in [-0.2, 0) is 9.59 Å². The number of rotatable bonds is 10. The SMILES string of the molecule is CCOc1ccc2nc(SCC(=O)Nc3ccc4nc(SCC(=O)Nc5ccc(F)cc5)sc4c3)sc2c1. The standard InChI is InChI=1S/C26H21FN4O3S4/c1-2-34-18-8-10-20-22(12-18)38-26(31-20)36-14-24(33)29-17-7-9-19-21(11-17)37-25(30-19)35-13-23(32)28-16-5-3-15(27)4-6-16/h3-12H,2,13-14H2,1H3,(H,28,32)(H,29,33). The van der Waals surface area contributed by atoms with Crippen molar-refractivity contribution in [3.05, 3.63) is 66.5 Å². The molecule has 2 heterocycles. The highest BCUT2D eigenvalue weighted by Crippen LogP contribution is 2.33. The second-order valence-electron chi connectivity index (χ2n) is 7.89. The third-order valence-corrected chi connectivity index (χ3v) is 9.41. The van der Waals surface area contributed by atoms with Gasteiger partial charge in [-0.05, 0) is 67.6 Å². The lowest BCUT2D eigenvalue weighted by Gasteiger charge is -2.04. The van der Waals surface area contributed by atoms with Crippen molar-refractivity contribution in [2.75, 3.05) is 28.7 Å². The van der Waals surface area contributed by atoms with Crippen LogP contribution in [0.5, 0.6) is 5.75 Å². The lowest BCUT2D eigenvalue weighted by atomic mass is 10.3. The summed E-state index contributed by atoms with van der Waals surface area (Å²) >= 11 is 5.71. The van der Waals surface area contributed by atoms with E-state index in [9.17, 15) is 14.0 Å². The Morgan fingerprint density at radius 2 is 1.37 bits per heavy atom. The highest BCUT2D eigenvalue weighted by atomic mass is 32.2. The second-order valence-corrected chi connectivity index (χ2v) is 12.4. The zero-order valence-electron chi connectivity index (χ0n) is 20.0. The van der Waals surface area contributed by atoms with Crippen LogP contribution < -0.4 is 15.4 Å². The van der Waals surface area contributed by atoms with E-state index in [0.29, 0.717) is 18.0 Å². The van der Waals surface area contributed by atoms with Gasteiger partial charge in [0, 0.05) is 11.4 Å². The molecule has 2 aromatic heterocycles. The summed E-state index contributed by atoms with van der Waals surface area (Å²) in [6, 6.07) is 17.0. The van der Waals surface area contributed by atoms with Crippen molar-refractivity contribution >= 4 is 89.8 Å². The minimum atomic E-state index is -0.355. The molecule has 7 nitrogen and oxygen atoms in total. The second kappa shape index (κ2) is 12.1. The highest BCUT2D eigenvalue weighted by Gasteiger charge is 2.12. The topological polar surface area (TPSA) is 93.2 Å². The Bertz CT molecular complexity index is 1600. The van der Waals surface area contributed by atoms with Gasteiger partial charge in [-0.2, -0.15) is 0 Å². The first-order chi connectivity index (χ1) is 18.4. The van der Waals surface area contributed by atoms with Crippen LogP contribution >= 0.6 is 46.2 Å². The molecule has 3 aromatic carbocycles. The summed E-state index contributed by atoms with van der Waals surface area (Å²) in [5, 5.41) is 5.67. The minimum absolute atomic E-state index is 0.125. The summed E-state index contributed by atoms with van der Waals surface area (Å²) in [5.41, 5.74) is 2.91. The fraction of sp³-hybridized carbons (Fsp3) is 0.154. The molecule has 0 atom stereocenters. The molecule has 0 aliphatic rings. The molecule has 38 heavy (non-hydrogen) atoms. The average Bonchev–Trinajstić information content (AvgIpc) is 3.50. The molecular formula is C26H21FN4O3S4. The van der Waals surface area contributed by atoms with Gasteiger partial charge in [-0.3, -0.25) is 9.59 Å². The molecule has 0 unspecified atom stereocenters. The van der Waals surface area contributed by atoms with E-state index < -0.39 is 0 Å². The summed E-state index contributed by atoms with van der Waals surface area (Å²) in [4.78, 5) is 33.9. The third kappa shape index (κ3) is 6.81. The first-order valence-electron chi connectivity index (χ1n) is 11.5. The summed E-state index contributed by atoms with van der Waals surface area (Å²) < 4.78 is 22.1. The van der Waals surface area contributed by atoms with Crippen molar-refractivity contribution in [1.29, 1.82) is 0 Å². The molecule has 5 aromatic rings. The van der Waals surface area contributed by atoms with Crippen LogP contribution in [0.4, 0.5) is 15.8 Å². The van der Waals surface area contributed by atoms with E-state index in [1.165, 1.54) is 70.5 Å². The molecule has 5 rings (SSSR count). The maximum absolute atomic E-state index is 13.0. The number of ether oxygens (including phenoxy) is 1. The zero-order valence-corrected chi connectivity index (χ0v) is 23.3. The summed E-state index contributed by atoms with van der Waals surface area (Å²) in [6.07, 6.45) is 0. The Balaban J connectivity index is 1.14. The van der Waals surface area contributed by atoms with Gasteiger partial charge in [0.1, 0.15) is 11.6 Å². The number of amides is 2. The van der Waals surface area contributed by atoms with Gasteiger partial charge in [-0.1, -0.05) is 23.5 Å². The zero-order chi connectivity index (χ0) is 26.5. The van der Waals surface area contributed by atoms with Gasteiger partial charge in [0.25, 0.3) is 0 Å². The van der Waals surface area contributed by atoms with E-state index in [-0.39, 0.29) is 29.1 Å². The normalized spacial score (nSPS) is 11.1.